The Hall–Kier alpha value is -2.05. The van der Waals surface area contributed by atoms with Crippen LogP contribution in [0, 0.1) is 12.8 Å². The molecule has 25 heavy (non-hydrogen) atoms. The fourth-order valence-corrected chi connectivity index (χ4v) is 3.44. The molecule has 0 aliphatic carbocycles. The molecule has 7 heteroatoms. The number of sulfonamides is 1. The maximum Gasteiger partial charge on any atom is 0.261 e. The van der Waals surface area contributed by atoms with Crippen molar-refractivity contribution in [3.8, 4) is 0 Å². The zero-order chi connectivity index (χ0) is 18.6. The van der Waals surface area contributed by atoms with E-state index in [1.54, 1.807) is 31.2 Å². The van der Waals surface area contributed by atoms with Gasteiger partial charge in [0.15, 0.2) is 0 Å². The predicted molar refractivity (Wildman–Crippen MR) is 101 cm³/mol. The smallest absolute Gasteiger partial charge is 0.261 e. The lowest BCUT2D eigenvalue weighted by Gasteiger charge is -2.12. The quantitative estimate of drug-likeness (QED) is 0.799. The van der Waals surface area contributed by atoms with Crippen molar-refractivity contribution in [2.75, 3.05) is 11.3 Å². The van der Waals surface area contributed by atoms with Crippen molar-refractivity contribution < 1.29 is 13.2 Å². The number of aryl methyl sites for hydroxylation is 1. The molecule has 0 saturated heterocycles. The molecule has 2 aromatic carbocycles. The van der Waals surface area contributed by atoms with Gasteiger partial charge in [0.1, 0.15) is 0 Å². The van der Waals surface area contributed by atoms with Crippen LogP contribution in [0.4, 0.5) is 5.69 Å². The van der Waals surface area contributed by atoms with Crippen molar-refractivity contribution in [2.24, 2.45) is 5.92 Å². The second-order valence-corrected chi connectivity index (χ2v) is 8.32. The van der Waals surface area contributed by atoms with E-state index in [0.29, 0.717) is 34.3 Å². The van der Waals surface area contributed by atoms with Crippen LogP contribution in [-0.2, 0) is 10.0 Å². The van der Waals surface area contributed by atoms with Gasteiger partial charge in [0.05, 0.1) is 10.6 Å². The number of halogens is 1. The van der Waals surface area contributed by atoms with E-state index >= 15 is 0 Å². The van der Waals surface area contributed by atoms with Crippen molar-refractivity contribution in [2.45, 2.75) is 25.7 Å². The highest BCUT2D eigenvalue weighted by atomic mass is 35.5. The molecule has 0 radical (unpaired) electrons. The molecule has 134 valence electrons. The Balaban J connectivity index is 2.29. The van der Waals surface area contributed by atoms with E-state index in [9.17, 15) is 13.2 Å². The maximum absolute atomic E-state index is 12.6. The number of hydrogen-bond acceptors (Lipinski definition) is 3. The van der Waals surface area contributed by atoms with Crippen molar-refractivity contribution in [1.29, 1.82) is 0 Å². The minimum Gasteiger partial charge on any atom is -0.352 e. The lowest BCUT2D eigenvalue weighted by molar-refractivity contribution is 0.0948. The van der Waals surface area contributed by atoms with E-state index in [2.05, 4.69) is 10.0 Å². The second-order valence-electron chi connectivity index (χ2n) is 6.20. The molecular formula is C18H21ClN2O3S. The number of anilines is 1. The van der Waals surface area contributed by atoms with Gasteiger partial charge in [-0.3, -0.25) is 9.52 Å². The summed E-state index contributed by atoms with van der Waals surface area (Å²) in [6.45, 7) is 6.27. The lowest BCUT2D eigenvalue weighted by Crippen LogP contribution is -2.28. The highest BCUT2D eigenvalue weighted by Gasteiger charge is 2.18. The molecule has 0 unspecified atom stereocenters. The van der Waals surface area contributed by atoms with Gasteiger partial charge in [-0.2, -0.15) is 0 Å². The topological polar surface area (TPSA) is 75.3 Å². The molecule has 2 rings (SSSR count). The van der Waals surface area contributed by atoms with Gasteiger partial charge in [-0.15, -0.1) is 0 Å². The maximum atomic E-state index is 12.6. The molecule has 0 bridgehead atoms. The van der Waals surface area contributed by atoms with Gasteiger partial charge >= 0.3 is 0 Å². The largest absolute Gasteiger partial charge is 0.352 e. The number of rotatable bonds is 6. The molecule has 0 spiro atoms. The molecule has 5 nitrogen and oxygen atoms in total. The number of carbonyl (C=O) groups excluding carboxylic acids is 1. The Labute approximate surface area is 153 Å². The van der Waals surface area contributed by atoms with Gasteiger partial charge in [-0.05, 0) is 48.7 Å². The summed E-state index contributed by atoms with van der Waals surface area (Å²) in [5.41, 5.74) is 1.41. The highest BCUT2D eigenvalue weighted by molar-refractivity contribution is 7.92. The molecule has 2 N–H and O–H groups in total. The Morgan fingerprint density at radius 2 is 1.88 bits per heavy atom. The van der Waals surface area contributed by atoms with E-state index in [0.717, 1.165) is 0 Å². The molecule has 0 fully saturated rings. The second kappa shape index (κ2) is 7.89. The van der Waals surface area contributed by atoms with Crippen LogP contribution in [0.3, 0.4) is 0 Å². The van der Waals surface area contributed by atoms with E-state index in [-0.39, 0.29) is 10.8 Å². The molecule has 0 atom stereocenters. The molecule has 0 aromatic heterocycles. The average Bonchev–Trinajstić information content (AvgIpc) is 2.52. The fourth-order valence-electron chi connectivity index (χ4n) is 2.17. The summed E-state index contributed by atoms with van der Waals surface area (Å²) in [6, 6.07) is 10.9. The Bertz CT molecular complexity index is 880. The van der Waals surface area contributed by atoms with E-state index in [1.807, 2.05) is 13.8 Å². The summed E-state index contributed by atoms with van der Waals surface area (Å²) in [5, 5.41) is 3.23. The molecule has 1 amide bonds. The summed E-state index contributed by atoms with van der Waals surface area (Å²) in [5.74, 6) is 0.0201. The summed E-state index contributed by atoms with van der Waals surface area (Å²) in [7, 11) is -3.82. The van der Waals surface area contributed by atoms with Crippen molar-refractivity contribution >= 4 is 33.2 Å². The van der Waals surface area contributed by atoms with E-state index < -0.39 is 10.0 Å². The van der Waals surface area contributed by atoms with Crippen LogP contribution >= 0.6 is 11.6 Å². The third kappa shape index (κ3) is 5.21. The summed E-state index contributed by atoms with van der Waals surface area (Å²) in [4.78, 5) is 12.3. The summed E-state index contributed by atoms with van der Waals surface area (Å²) in [6.07, 6.45) is 0. The van der Waals surface area contributed by atoms with Gasteiger partial charge in [0, 0.05) is 17.1 Å². The first kappa shape index (κ1) is 19.3. The van der Waals surface area contributed by atoms with Crippen LogP contribution in [0.2, 0.25) is 5.02 Å². The molecule has 0 aliphatic rings. The zero-order valence-electron chi connectivity index (χ0n) is 14.3. The van der Waals surface area contributed by atoms with Crippen LogP contribution < -0.4 is 10.0 Å². The lowest BCUT2D eigenvalue weighted by atomic mass is 10.1. The SMILES string of the molecule is Cc1ccc(S(=O)(=O)Nc2cccc(Cl)c2)cc1C(=O)NCC(C)C. The molecule has 2 aromatic rings. The van der Waals surface area contributed by atoms with Crippen molar-refractivity contribution in [3.63, 3.8) is 0 Å². The highest BCUT2D eigenvalue weighted by Crippen LogP contribution is 2.21. The molecule has 0 aliphatic heterocycles. The number of amides is 1. The fraction of sp³-hybridized carbons (Fsp3) is 0.278. The number of benzene rings is 2. The van der Waals surface area contributed by atoms with Crippen LogP contribution in [-0.4, -0.2) is 20.9 Å². The van der Waals surface area contributed by atoms with Crippen LogP contribution in [0.15, 0.2) is 47.4 Å². The first-order chi connectivity index (χ1) is 11.7. The number of carbonyl (C=O) groups is 1. The van der Waals surface area contributed by atoms with Crippen molar-refractivity contribution in [1.82, 2.24) is 5.32 Å². The van der Waals surface area contributed by atoms with Gasteiger partial charge in [0.2, 0.25) is 0 Å². The molecule has 0 saturated carbocycles. The normalized spacial score (nSPS) is 11.4. The van der Waals surface area contributed by atoms with Gasteiger partial charge < -0.3 is 5.32 Å². The first-order valence-electron chi connectivity index (χ1n) is 7.86. The molecule has 0 heterocycles. The van der Waals surface area contributed by atoms with E-state index in [4.69, 9.17) is 11.6 Å². The van der Waals surface area contributed by atoms with Crippen LogP contribution in [0.1, 0.15) is 29.8 Å². The monoisotopic (exact) mass is 380 g/mol. The van der Waals surface area contributed by atoms with Gasteiger partial charge in [-0.25, -0.2) is 8.42 Å². The van der Waals surface area contributed by atoms with E-state index in [1.165, 1.54) is 18.2 Å². The minimum absolute atomic E-state index is 0.0211. The standard InChI is InChI=1S/C18H21ClN2O3S/c1-12(2)11-20-18(22)17-10-16(8-7-13(17)3)25(23,24)21-15-6-4-5-14(19)9-15/h4-10,12,21H,11H2,1-3H3,(H,20,22). The Morgan fingerprint density at radius 3 is 2.52 bits per heavy atom. The predicted octanol–water partition coefficient (Wildman–Crippen LogP) is 3.84. The van der Waals surface area contributed by atoms with Crippen molar-refractivity contribution in [3.05, 3.63) is 58.6 Å². The van der Waals surface area contributed by atoms with Crippen LogP contribution in [0.25, 0.3) is 0 Å². The first-order valence-corrected chi connectivity index (χ1v) is 9.72. The summed E-state index contributed by atoms with van der Waals surface area (Å²) < 4.78 is 27.6. The summed E-state index contributed by atoms with van der Waals surface area (Å²) >= 11 is 5.88. The Morgan fingerprint density at radius 1 is 1.16 bits per heavy atom. The van der Waals surface area contributed by atoms with Gasteiger partial charge in [-0.1, -0.05) is 37.6 Å². The minimum atomic E-state index is -3.82. The third-order valence-electron chi connectivity index (χ3n) is 3.51. The van der Waals surface area contributed by atoms with Gasteiger partial charge in [0.25, 0.3) is 15.9 Å². The molecular weight excluding hydrogens is 360 g/mol. The number of nitrogens with one attached hydrogen (secondary N) is 2. The third-order valence-corrected chi connectivity index (χ3v) is 5.13. The Kier molecular flexibility index (Phi) is 6.08. The van der Waals surface area contributed by atoms with Crippen LogP contribution in [0.5, 0.6) is 0 Å². The number of hydrogen-bond donors (Lipinski definition) is 2. The average molecular weight is 381 g/mol. The zero-order valence-corrected chi connectivity index (χ0v) is 15.9.